The fraction of sp³-hybridized carbons (Fsp3) is 0.700. The van der Waals surface area contributed by atoms with Gasteiger partial charge in [0, 0.05) is 6.42 Å². The third-order valence-electron chi connectivity index (χ3n) is 7.30. The number of fused-ring (bicyclic) bond motifs is 5. The molecule has 0 saturated heterocycles. The zero-order chi connectivity index (χ0) is 14.6. The van der Waals surface area contributed by atoms with E-state index in [9.17, 15) is 4.79 Å². The van der Waals surface area contributed by atoms with Crippen LogP contribution in [0.15, 0.2) is 29.5 Å². The van der Waals surface area contributed by atoms with E-state index in [1.54, 1.807) is 0 Å². The molecule has 1 heteroatoms. The van der Waals surface area contributed by atoms with Gasteiger partial charge in [0.1, 0.15) is 0 Å². The molecule has 112 valence electrons. The number of hydrogen-bond donors (Lipinski definition) is 0. The number of hydrogen-bond acceptors (Lipinski definition) is 1. The highest BCUT2D eigenvalue weighted by atomic mass is 16.1. The first kappa shape index (κ1) is 13.6. The van der Waals surface area contributed by atoms with Gasteiger partial charge in [-0.3, -0.25) is 4.79 Å². The Hall–Kier alpha value is -1.07. The quantitative estimate of drug-likeness (QED) is 0.581. The van der Waals surface area contributed by atoms with E-state index in [1.807, 2.05) is 6.08 Å². The molecule has 4 aliphatic rings. The molecular formula is C20H26O. The minimum Gasteiger partial charge on any atom is -0.295 e. The SMILES string of the molecule is C=C=C1CC[C@H]2[C@@H]3CCC4=CC(=O)CC[C@@H]4[C@H]3CC[C@]12C. The van der Waals surface area contributed by atoms with Crippen LogP contribution in [0.25, 0.3) is 0 Å². The molecule has 0 aliphatic heterocycles. The van der Waals surface area contributed by atoms with E-state index >= 15 is 0 Å². The predicted octanol–water partition coefficient (Wildman–Crippen LogP) is 4.84. The average Bonchev–Trinajstić information content (AvgIpc) is 2.83. The average molecular weight is 282 g/mol. The van der Waals surface area contributed by atoms with Gasteiger partial charge in [-0.2, -0.15) is 0 Å². The van der Waals surface area contributed by atoms with Crippen molar-refractivity contribution in [1.29, 1.82) is 0 Å². The summed E-state index contributed by atoms with van der Waals surface area (Å²) in [5.74, 6) is 3.67. The topological polar surface area (TPSA) is 17.1 Å². The van der Waals surface area contributed by atoms with Crippen LogP contribution in [-0.2, 0) is 4.79 Å². The van der Waals surface area contributed by atoms with Crippen molar-refractivity contribution < 1.29 is 4.79 Å². The van der Waals surface area contributed by atoms with Crippen molar-refractivity contribution in [3.8, 4) is 0 Å². The second-order valence-corrected chi connectivity index (χ2v) is 7.95. The number of carbonyl (C=O) groups is 1. The van der Waals surface area contributed by atoms with E-state index in [1.165, 1.54) is 49.7 Å². The summed E-state index contributed by atoms with van der Waals surface area (Å²) in [4.78, 5) is 11.7. The van der Waals surface area contributed by atoms with Crippen LogP contribution in [0.5, 0.6) is 0 Å². The summed E-state index contributed by atoms with van der Waals surface area (Å²) in [5.41, 5.74) is 6.66. The van der Waals surface area contributed by atoms with Crippen LogP contribution >= 0.6 is 0 Å². The Morgan fingerprint density at radius 2 is 2.00 bits per heavy atom. The molecule has 0 aromatic heterocycles. The molecule has 0 heterocycles. The van der Waals surface area contributed by atoms with E-state index < -0.39 is 0 Å². The van der Waals surface area contributed by atoms with Crippen LogP contribution in [0.4, 0.5) is 0 Å². The van der Waals surface area contributed by atoms with Gasteiger partial charge in [0.2, 0.25) is 0 Å². The van der Waals surface area contributed by atoms with Crippen LogP contribution in [-0.4, -0.2) is 5.78 Å². The molecular weight excluding hydrogens is 256 g/mol. The van der Waals surface area contributed by atoms with Crippen molar-refractivity contribution in [3.63, 3.8) is 0 Å². The monoisotopic (exact) mass is 282 g/mol. The largest absolute Gasteiger partial charge is 0.295 e. The summed E-state index contributed by atoms with van der Waals surface area (Å²) >= 11 is 0. The minimum absolute atomic E-state index is 0.373. The molecule has 0 spiro atoms. The summed E-state index contributed by atoms with van der Waals surface area (Å²) in [6, 6.07) is 0. The van der Waals surface area contributed by atoms with Crippen molar-refractivity contribution in [1.82, 2.24) is 0 Å². The molecule has 21 heavy (non-hydrogen) atoms. The van der Waals surface area contributed by atoms with Gasteiger partial charge in [-0.05, 0) is 85.7 Å². The van der Waals surface area contributed by atoms with E-state index in [0.29, 0.717) is 11.2 Å². The van der Waals surface area contributed by atoms with E-state index in [2.05, 4.69) is 19.2 Å². The fourth-order valence-corrected chi connectivity index (χ4v) is 6.28. The maximum absolute atomic E-state index is 11.7. The lowest BCUT2D eigenvalue weighted by Crippen LogP contribution is -2.45. The second kappa shape index (κ2) is 4.71. The summed E-state index contributed by atoms with van der Waals surface area (Å²) in [6.45, 7) is 6.42. The predicted molar refractivity (Wildman–Crippen MR) is 84.7 cm³/mol. The van der Waals surface area contributed by atoms with E-state index in [0.717, 1.165) is 36.5 Å². The van der Waals surface area contributed by atoms with Gasteiger partial charge >= 0.3 is 0 Å². The zero-order valence-electron chi connectivity index (χ0n) is 13.2. The van der Waals surface area contributed by atoms with Crippen LogP contribution < -0.4 is 0 Å². The van der Waals surface area contributed by atoms with Crippen LogP contribution in [0, 0.1) is 29.1 Å². The maximum Gasteiger partial charge on any atom is 0.155 e. The molecule has 0 amide bonds. The smallest absolute Gasteiger partial charge is 0.155 e. The summed E-state index contributed by atoms with van der Waals surface area (Å²) in [5, 5.41) is 0. The maximum atomic E-state index is 11.7. The molecule has 1 nitrogen and oxygen atoms in total. The van der Waals surface area contributed by atoms with E-state index in [-0.39, 0.29) is 0 Å². The first-order chi connectivity index (χ1) is 10.1. The Morgan fingerprint density at radius 1 is 1.14 bits per heavy atom. The normalized spacial score (nSPS) is 45.3. The van der Waals surface area contributed by atoms with Crippen LogP contribution in [0.2, 0.25) is 0 Å². The Morgan fingerprint density at radius 3 is 2.81 bits per heavy atom. The molecule has 0 aromatic carbocycles. The summed E-state index contributed by atoms with van der Waals surface area (Å²) in [7, 11) is 0. The highest BCUT2D eigenvalue weighted by Crippen LogP contribution is 2.63. The lowest BCUT2D eigenvalue weighted by atomic mass is 9.52. The standard InChI is InChI=1S/C20H26O/c1-3-14-5-9-19-18-7-4-13-12-15(21)6-8-16(13)17(18)10-11-20(14,19)2/h12,16-19H,1,4-11H2,2H3/t16-,17+,18+,19-,20+/m0/s1. The highest BCUT2D eigenvalue weighted by molar-refractivity contribution is 5.91. The second-order valence-electron chi connectivity index (χ2n) is 7.95. The molecule has 0 N–H and O–H groups in total. The molecule has 3 fully saturated rings. The summed E-state index contributed by atoms with van der Waals surface area (Å²) < 4.78 is 0. The van der Waals surface area contributed by atoms with Gasteiger partial charge in [0.25, 0.3) is 0 Å². The van der Waals surface area contributed by atoms with E-state index in [4.69, 9.17) is 0 Å². The minimum atomic E-state index is 0.373. The third-order valence-corrected chi connectivity index (χ3v) is 7.30. The molecule has 0 bridgehead atoms. The number of rotatable bonds is 0. The van der Waals surface area contributed by atoms with Crippen molar-refractivity contribution in [3.05, 3.63) is 29.5 Å². The molecule has 0 radical (unpaired) electrons. The Balaban J connectivity index is 1.66. The van der Waals surface area contributed by atoms with Gasteiger partial charge in [0.15, 0.2) is 5.78 Å². The Labute approximate surface area is 128 Å². The third kappa shape index (κ3) is 1.87. The fourth-order valence-electron chi connectivity index (χ4n) is 6.28. The van der Waals surface area contributed by atoms with Gasteiger partial charge in [-0.1, -0.05) is 19.1 Å². The Kier molecular flexibility index (Phi) is 3.05. The lowest BCUT2D eigenvalue weighted by Gasteiger charge is -2.52. The number of allylic oxidation sites excluding steroid dienone is 2. The molecule has 5 atom stereocenters. The Bertz CT molecular complexity index is 562. The van der Waals surface area contributed by atoms with Gasteiger partial charge < -0.3 is 0 Å². The van der Waals surface area contributed by atoms with Crippen molar-refractivity contribution in [2.75, 3.05) is 0 Å². The first-order valence-corrected chi connectivity index (χ1v) is 8.76. The van der Waals surface area contributed by atoms with Gasteiger partial charge in [-0.15, -0.1) is 5.73 Å². The lowest BCUT2D eigenvalue weighted by molar-refractivity contribution is -0.115. The van der Waals surface area contributed by atoms with Crippen molar-refractivity contribution in [2.45, 2.75) is 58.3 Å². The molecule has 0 aromatic rings. The molecule has 3 saturated carbocycles. The highest BCUT2D eigenvalue weighted by Gasteiger charge is 2.54. The molecule has 0 unspecified atom stereocenters. The summed E-state index contributed by atoms with van der Waals surface area (Å²) in [6.07, 6.45) is 11.6. The van der Waals surface area contributed by atoms with Gasteiger partial charge in [0.05, 0.1) is 0 Å². The molecule has 4 aliphatic carbocycles. The van der Waals surface area contributed by atoms with Crippen molar-refractivity contribution in [2.24, 2.45) is 29.1 Å². The molecule has 4 rings (SSSR count). The van der Waals surface area contributed by atoms with Crippen molar-refractivity contribution >= 4 is 5.78 Å². The number of ketones is 1. The van der Waals surface area contributed by atoms with Crippen LogP contribution in [0.3, 0.4) is 0 Å². The van der Waals surface area contributed by atoms with Crippen LogP contribution in [0.1, 0.15) is 58.3 Å². The zero-order valence-corrected chi connectivity index (χ0v) is 13.2. The first-order valence-electron chi connectivity index (χ1n) is 8.76. The van der Waals surface area contributed by atoms with Gasteiger partial charge in [-0.25, -0.2) is 0 Å². The number of carbonyl (C=O) groups excluding carboxylic acids is 1.